The molecule has 0 aromatic heterocycles. The number of aliphatic carboxylic acids is 1. The highest BCUT2D eigenvalue weighted by atomic mass is 16.5. The second kappa shape index (κ2) is 5.09. The summed E-state index contributed by atoms with van der Waals surface area (Å²) in [6.07, 6.45) is 0.622. The summed E-state index contributed by atoms with van der Waals surface area (Å²) in [5.41, 5.74) is 0.860. The monoisotopic (exact) mass is 266 g/mol. The lowest BCUT2D eigenvalue weighted by molar-refractivity contribution is -0.176. The zero-order valence-corrected chi connectivity index (χ0v) is 11.4. The molecule has 1 fully saturated rings. The molecule has 1 saturated heterocycles. The second-order valence-corrected chi connectivity index (χ2v) is 4.64. The molecule has 0 aliphatic carbocycles. The minimum Gasteiger partial charge on any atom is -0.496 e. The lowest BCUT2D eigenvalue weighted by Gasteiger charge is -2.42. The van der Waals surface area contributed by atoms with Gasteiger partial charge in [0.05, 0.1) is 27.2 Å². The van der Waals surface area contributed by atoms with Crippen LogP contribution in [0.5, 0.6) is 11.5 Å². The molecule has 0 spiro atoms. The Morgan fingerprint density at radius 1 is 1.42 bits per heavy atom. The van der Waals surface area contributed by atoms with E-state index in [4.69, 9.17) is 19.3 Å². The van der Waals surface area contributed by atoms with Crippen molar-refractivity contribution in [3.63, 3.8) is 0 Å². The fourth-order valence-corrected chi connectivity index (χ4v) is 2.56. The lowest BCUT2D eigenvalue weighted by atomic mass is 9.82. The molecule has 1 aromatic carbocycles. The normalized spacial score (nSPS) is 21.6. The minimum atomic E-state index is -0.879. The lowest BCUT2D eigenvalue weighted by Crippen LogP contribution is -2.43. The van der Waals surface area contributed by atoms with E-state index in [-0.39, 0.29) is 6.42 Å². The Balaban J connectivity index is 2.49. The summed E-state index contributed by atoms with van der Waals surface area (Å²) in [6.45, 7) is 2.45. The molecule has 5 heteroatoms. The maximum atomic E-state index is 11.0. The molecule has 104 valence electrons. The number of carbonyl (C=O) groups is 1. The summed E-state index contributed by atoms with van der Waals surface area (Å²) in [5.74, 6) is 0.473. The second-order valence-electron chi connectivity index (χ2n) is 4.64. The number of carboxylic acids is 1. The summed E-state index contributed by atoms with van der Waals surface area (Å²) >= 11 is 0. The Hall–Kier alpha value is -1.75. The largest absolute Gasteiger partial charge is 0.496 e. The van der Waals surface area contributed by atoms with Crippen LogP contribution in [0.25, 0.3) is 0 Å². The van der Waals surface area contributed by atoms with Crippen molar-refractivity contribution < 1.29 is 24.1 Å². The van der Waals surface area contributed by atoms with E-state index < -0.39 is 11.6 Å². The van der Waals surface area contributed by atoms with E-state index in [1.807, 2.05) is 19.1 Å². The topological polar surface area (TPSA) is 65.0 Å². The van der Waals surface area contributed by atoms with Gasteiger partial charge in [0.2, 0.25) is 0 Å². The minimum absolute atomic E-state index is 0.0604. The molecule has 1 aliphatic rings. The number of rotatable bonds is 5. The molecule has 5 nitrogen and oxygen atoms in total. The molecule has 0 radical (unpaired) electrons. The average molecular weight is 266 g/mol. The van der Waals surface area contributed by atoms with Gasteiger partial charge in [0.25, 0.3) is 0 Å². The molecule has 1 N–H and O–H groups in total. The molecule has 1 unspecified atom stereocenters. The summed E-state index contributed by atoms with van der Waals surface area (Å²) < 4.78 is 16.3. The molecular formula is C14H18O5. The van der Waals surface area contributed by atoms with Crippen molar-refractivity contribution in [3.05, 3.63) is 23.3 Å². The number of carboxylic acid groups (broad SMARTS) is 1. The van der Waals surface area contributed by atoms with Crippen LogP contribution >= 0.6 is 0 Å². The Bertz CT molecular complexity index is 491. The van der Waals surface area contributed by atoms with Gasteiger partial charge in [0.15, 0.2) is 0 Å². The Morgan fingerprint density at radius 3 is 2.53 bits per heavy atom. The summed E-state index contributed by atoms with van der Waals surface area (Å²) in [6, 6.07) is 3.64. The van der Waals surface area contributed by atoms with E-state index in [0.717, 1.165) is 11.1 Å². The van der Waals surface area contributed by atoms with Crippen molar-refractivity contribution in [3.8, 4) is 11.5 Å². The van der Waals surface area contributed by atoms with Crippen molar-refractivity contribution >= 4 is 5.97 Å². The van der Waals surface area contributed by atoms with E-state index in [1.54, 1.807) is 14.2 Å². The fraction of sp³-hybridized carbons (Fsp3) is 0.500. The standard InChI is InChI=1S/C14H18O5/c1-9-11(17-2)5-4-10(13(9)18-3)14(6-7-19-14)8-12(15)16/h4-5H,6-8H2,1-3H3,(H,15,16). The molecular weight excluding hydrogens is 248 g/mol. The molecule has 0 amide bonds. The first-order valence-electron chi connectivity index (χ1n) is 6.12. The van der Waals surface area contributed by atoms with Crippen LogP contribution in [0, 0.1) is 6.92 Å². The van der Waals surface area contributed by atoms with Crippen molar-refractivity contribution in [2.75, 3.05) is 20.8 Å². The van der Waals surface area contributed by atoms with Crippen molar-refractivity contribution in [1.29, 1.82) is 0 Å². The predicted octanol–water partition coefficient (Wildman–Crippen LogP) is 2.10. The maximum Gasteiger partial charge on any atom is 0.306 e. The molecule has 2 rings (SSSR count). The third kappa shape index (κ3) is 2.26. The average Bonchev–Trinajstić information content (AvgIpc) is 2.33. The van der Waals surface area contributed by atoms with Gasteiger partial charge in [0.1, 0.15) is 17.1 Å². The van der Waals surface area contributed by atoms with Crippen molar-refractivity contribution in [1.82, 2.24) is 0 Å². The van der Waals surface area contributed by atoms with Gasteiger partial charge in [-0.05, 0) is 19.1 Å². The third-order valence-electron chi connectivity index (χ3n) is 3.59. The highest BCUT2D eigenvalue weighted by Crippen LogP contribution is 2.47. The fourth-order valence-electron chi connectivity index (χ4n) is 2.56. The van der Waals surface area contributed by atoms with Crippen LogP contribution in [0.2, 0.25) is 0 Å². The van der Waals surface area contributed by atoms with E-state index in [1.165, 1.54) is 0 Å². The van der Waals surface area contributed by atoms with Crippen LogP contribution in [0.4, 0.5) is 0 Å². The summed E-state index contributed by atoms with van der Waals surface area (Å²) in [4.78, 5) is 11.0. The zero-order valence-electron chi connectivity index (χ0n) is 11.4. The summed E-state index contributed by atoms with van der Waals surface area (Å²) in [5, 5.41) is 9.06. The number of hydrogen-bond acceptors (Lipinski definition) is 4. The van der Waals surface area contributed by atoms with Crippen molar-refractivity contribution in [2.45, 2.75) is 25.4 Å². The third-order valence-corrected chi connectivity index (χ3v) is 3.59. The van der Waals surface area contributed by atoms with Gasteiger partial charge in [-0.3, -0.25) is 4.79 Å². The van der Waals surface area contributed by atoms with Gasteiger partial charge in [-0.15, -0.1) is 0 Å². The smallest absolute Gasteiger partial charge is 0.306 e. The van der Waals surface area contributed by atoms with E-state index in [9.17, 15) is 4.79 Å². The van der Waals surface area contributed by atoms with Gasteiger partial charge in [-0.25, -0.2) is 0 Å². The van der Waals surface area contributed by atoms with Gasteiger partial charge in [-0.1, -0.05) is 0 Å². The Kier molecular flexibility index (Phi) is 3.66. The first kappa shape index (κ1) is 13.7. The Labute approximate surface area is 112 Å². The van der Waals surface area contributed by atoms with Crippen LogP contribution < -0.4 is 9.47 Å². The highest BCUT2D eigenvalue weighted by Gasteiger charge is 2.44. The quantitative estimate of drug-likeness (QED) is 0.884. The van der Waals surface area contributed by atoms with Gasteiger partial charge in [-0.2, -0.15) is 0 Å². The van der Waals surface area contributed by atoms with E-state index in [0.29, 0.717) is 24.5 Å². The number of benzene rings is 1. The van der Waals surface area contributed by atoms with Crippen LogP contribution in [-0.2, 0) is 15.1 Å². The molecule has 1 aromatic rings. The van der Waals surface area contributed by atoms with Crippen LogP contribution in [-0.4, -0.2) is 31.9 Å². The molecule has 0 bridgehead atoms. The van der Waals surface area contributed by atoms with Gasteiger partial charge < -0.3 is 19.3 Å². The van der Waals surface area contributed by atoms with Crippen LogP contribution in [0.3, 0.4) is 0 Å². The predicted molar refractivity (Wildman–Crippen MR) is 68.8 cm³/mol. The summed E-state index contributed by atoms with van der Waals surface area (Å²) in [7, 11) is 3.16. The van der Waals surface area contributed by atoms with Gasteiger partial charge in [0, 0.05) is 17.5 Å². The first-order valence-corrected chi connectivity index (χ1v) is 6.12. The van der Waals surface area contributed by atoms with Gasteiger partial charge >= 0.3 is 5.97 Å². The molecule has 19 heavy (non-hydrogen) atoms. The number of ether oxygens (including phenoxy) is 3. The molecule has 0 saturated carbocycles. The van der Waals surface area contributed by atoms with E-state index >= 15 is 0 Å². The zero-order chi connectivity index (χ0) is 14.0. The Morgan fingerprint density at radius 2 is 2.11 bits per heavy atom. The highest BCUT2D eigenvalue weighted by molar-refractivity contribution is 5.69. The number of methoxy groups -OCH3 is 2. The molecule has 1 atom stereocenters. The SMILES string of the molecule is COc1ccc(C2(CC(=O)O)CCO2)c(OC)c1C. The molecule has 1 aliphatic heterocycles. The number of hydrogen-bond donors (Lipinski definition) is 1. The van der Waals surface area contributed by atoms with Crippen LogP contribution in [0.15, 0.2) is 12.1 Å². The van der Waals surface area contributed by atoms with Crippen molar-refractivity contribution in [2.24, 2.45) is 0 Å². The first-order chi connectivity index (χ1) is 9.04. The molecule has 1 heterocycles. The van der Waals surface area contributed by atoms with E-state index in [2.05, 4.69) is 0 Å². The van der Waals surface area contributed by atoms with Crippen LogP contribution in [0.1, 0.15) is 24.0 Å². The maximum absolute atomic E-state index is 11.0.